The van der Waals surface area contributed by atoms with Crippen LogP contribution in [0.3, 0.4) is 0 Å². The average Bonchev–Trinajstić information content (AvgIpc) is 3.20. The standard InChI is InChI=1S/C20H23N3O2/c1-15(16-4-7-18(8-5-16)23-11-10-21-14-23)22-13-17-6-9-19(24-2)12-20(17)25-3/h4-12,14-15,22H,13H2,1-3H3/t15-/m0/s1. The SMILES string of the molecule is COc1ccc(CN[C@@H](C)c2ccc(-n3ccnc3)cc2)c(OC)c1. The molecular weight excluding hydrogens is 314 g/mol. The number of hydrogen-bond donors (Lipinski definition) is 1. The van der Waals surface area contributed by atoms with Crippen molar-refractivity contribution < 1.29 is 9.47 Å². The molecule has 0 saturated heterocycles. The lowest BCUT2D eigenvalue weighted by Crippen LogP contribution is -2.18. The first-order valence-corrected chi connectivity index (χ1v) is 8.24. The van der Waals surface area contributed by atoms with Crippen molar-refractivity contribution in [1.29, 1.82) is 0 Å². The van der Waals surface area contributed by atoms with Crippen LogP contribution >= 0.6 is 0 Å². The molecule has 0 bridgehead atoms. The average molecular weight is 337 g/mol. The van der Waals surface area contributed by atoms with Crippen molar-refractivity contribution in [2.45, 2.75) is 19.5 Å². The van der Waals surface area contributed by atoms with Gasteiger partial charge in [0.25, 0.3) is 0 Å². The van der Waals surface area contributed by atoms with Crippen LogP contribution in [0.25, 0.3) is 5.69 Å². The Labute approximate surface area is 148 Å². The summed E-state index contributed by atoms with van der Waals surface area (Å²) in [6.07, 6.45) is 5.51. The van der Waals surface area contributed by atoms with Crippen LogP contribution in [-0.2, 0) is 6.54 Å². The van der Waals surface area contributed by atoms with Crippen LogP contribution in [0.15, 0.2) is 61.2 Å². The van der Waals surface area contributed by atoms with Gasteiger partial charge in [-0.2, -0.15) is 0 Å². The molecule has 3 rings (SSSR count). The third-order valence-corrected chi connectivity index (χ3v) is 4.29. The Morgan fingerprint density at radius 3 is 2.52 bits per heavy atom. The second-order valence-electron chi connectivity index (χ2n) is 5.84. The molecule has 0 aliphatic carbocycles. The summed E-state index contributed by atoms with van der Waals surface area (Å²) in [7, 11) is 3.33. The molecule has 0 spiro atoms. The molecule has 0 unspecified atom stereocenters. The van der Waals surface area contributed by atoms with Gasteiger partial charge in [0.05, 0.1) is 20.5 Å². The van der Waals surface area contributed by atoms with Crippen molar-refractivity contribution in [3.63, 3.8) is 0 Å². The molecule has 1 aromatic heterocycles. The van der Waals surface area contributed by atoms with E-state index in [4.69, 9.17) is 9.47 Å². The molecular formula is C20H23N3O2. The van der Waals surface area contributed by atoms with E-state index in [0.717, 1.165) is 29.3 Å². The molecule has 0 radical (unpaired) electrons. The fourth-order valence-corrected chi connectivity index (χ4v) is 2.73. The first-order chi connectivity index (χ1) is 12.2. The smallest absolute Gasteiger partial charge is 0.127 e. The number of benzene rings is 2. The van der Waals surface area contributed by atoms with Crippen molar-refractivity contribution in [1.82, 2.24) is 14.9 Å². The van der Waals surface area contributed by atoms with Crippen LogP contribution in [0.4, 0.5) is 0 Å². The van der Waals surface area contributed by atoms with E-state index in [0.29, 0.717) is 0 Å². The molecule has 130 valence electrons. The molecule has 0 fully saturated rings. The fourth-order valence-electron chi connectivity index (χ4n) is 2.73. The van der Waals surface area contributed by atoms with Crippen LogP contribution in [0, 0.1) is 0 Å². The fraction of sp³-hybridized carbons (Fsp3) is 0.250. The van der Waals surface area contributed by atoms with Crippen LogP contribution < -0.4 is 14.8 Å². The monoisotopic (exact) mass is 337 g/mol. The van der Waals surface area contributed by atoms with Crippen LogP contribution in [0.2, 0.25) is 0 Å². The largest absolute Gasteiger partial charge is 0.497 e. The number of rotatable bonds is 7. The van der Waals surface area contributed by atoms with Gasteiger partial charge in [-0.1, -0.05) is 18.2 Å². The molecule has 0 saturated carbocycles. The van der Waals surface area contributed by atoms with Gasteiger partial charge in [0.1, 0.15) is 11.5 Å². The number of imidazole rings is 1. The lowest BCUT2D eigenvalue weighted by Gasteiger charge is -2.17. The number of methoxy groups -OCH3 is 2. The van der Waals surface area contributed by atoms with Crippen molar-refractivity contribution in [3.05, 3.63) is 72.3 Å². The molecule has 1 N–H and O–H groups in total. The molecule has 0 amide bonds. The normalized spacial score (nSPS) is 12.0. The molecule has 25 heavy (non-hydrogen) atoms. The summed E-state index contributed by atoms with van der Waals surface area (Å²) in [5.41, 5.74) is 3.44. The summed E-state index contributed by atoms with van der Waals surface area (Å²) in [6.45, 7) is 2.87. The maximum atomic E-state index is 5.45. The van der Waals surface area contributed by atoms with Gasteiger partial charge in [0.2, 0.25) is 0 Å². The summed E-state index contributed by atoms with van der Waals surface area (Å²) in [4.78, 5) is 4.08. The predicted molar refractivity (Wildman–Crippen MR) is 98.4 cm³/mol. The van der Waals surface area contributed by atoms with Crippen molar-refractivity contribution >= 4 is 0 Å². The second kappa shape index (κ2) is 7.85. The zero-order valence-electron chi connectivity index (χ0n) is 14.8. The Balaban J connectivity index is 1.65. The zero-order chi connectivity index (χ0) is 17.6. The number of aromatic nitrogens is 2. The van der Waals surface area contributed by atoms with Gasteiger partial charge in [-0.15, -0.1) is 0 Å². The summed E-state index contributed by atoms with van der Waals surface area (Å²) in [6, 6.07) is 14.6. The molecule has 3 aromatic rings. The van der Waals surface area contributed by atoms with E-state index in [9.17, 15) is 0 Å². The molecule has 5 nitrogen and oxygen atoms in total. The van der Waals surface area contributed by atoms with E-state index in [-0.39, 0.29) is 6.04 Å². The minimum atomic E-state index is 0.226. The molecule has 0 aliphatic rings. The summed E-state index contributed by atoms with van der Waals surface area (Å²) < 4.78 is 12.7. The van der Waals surface area contributed by atoms with Gasteiger partial charge in [-0.25, -0.2) is 4.98 Å². The van der Waals surface area contributed by atoms with Gasteiger partial charge in [0.15, 0.2) is 0 Å². The lowest BCUT2D eigenvalue weighted by molar-refractivity contribution is 0.389. The highest BCUT2D eigenvalue weighted by Gasteiger charge is 2.09. The van der Waals surface area contributed by atoms with Gasteiger partial charge in [0, 0.05) is 42.3 Å². The van der Waals surface area contributed by atoms with Crippen LogP contribution in [-0.4, -0.2) is 23.8 Å². The molecule has 5 heteroatoms. The highest BCUT2D eigenvalue weighted by molar-refractivity contribution is 5.41. The van der Waals surface area contributed by atoms with Crippen molar-refractivity contribution in [3.8, 4) is 17.2 Å². The zero-order valence-corrected chi connectivity index (χ0v) is 14.8. The van der Waals surface area contributed by atoms with Gasteiger partial charge < -0.3 is 19.4 Å². The Morgan fingerprint density at radius 1 is 1.08 bits per heavy atom. The molecule has 0 aliphatic heterocycles. The molecule has 1 heterocycles. The second-order valence-corrected chi connectivity index (χ2v) is 5.84. The van der Waals surface area contributed by atoms with Crippen LogP contribution in [0.5, 0.6) is 11.5 Å². The van der Waals surface area contributed by atoms with Crippen molar-refractivity contribution in [2.24, 2.45) is 0 Å². The van der Waals surface area contributed by atoms with Gasteiger partial charge in [-0.3, -0.25) is 0 Å². The summed E-state index contributed by atoms with van der Waals surface area (Å²) in [5, 5.41) is 3.54. The summed E-state index contributed by atoms with van der Waals surface area (Å²) >= 11 is 0. The van der Waals surface area contributed by atoms with E-state index in [2.05, 4.69) is 41.5 Å². The van der Waals surface area contributed by atoms with Crippen molar-refractivity contribution in [2.75, 3.05) is 14.2 Å². The lowest BCUT2D eigenvalue weighted by atomic mass is 10.1. The predicted octanol–water partition coefficient (Wildman–Crippen LogP) is 3.74. The first kappa shape index (κ1) is 17.0. The first-order valence-electron chi connectivity index (χ1n) is 8.24. The van der Waals surface area contributed by atoms with Gasteiger partial charge >= 0.3 is 0 Å². The van der Waals surface area contributed by atoms with E-state index in [1.807, 2.05) is 29.0 Å². The maximum absolute atomic E-state index is 5.45. The topological polar surface area (TPSA) is 48.3 Å². The third-order valence-electron chi connectivity index (χ3n) is 4.29. The van der Waals surface area contributed by atoms with Gasteiger partial charge in [-0.05, 0) is 30.7 Å². The van der Waals surface area contributed by atoms with E-state index < -0.39 is 0 Å². The summed E-state index contributed by atoms with van der Waals surface area (Å²) in [5.74, 6) is 1.62. The highest BCUT2D eigenvalue weighted by atomic mass is 16.5. The number of ether oxygens (including phenoxy) is 2. The Morgan fingerprint density at radius 2 is 1.88 bits per heavy atom. The highest BCUT2D eigenvalue weighted by Crippen LogP contribution is 2.25. The van der Waals surface area contributed by atoms with E-state index in [1.165, 1.54) is 5.56 Å². The number of nitrogens with one attached hydrogen (secondary N) is 1. The molecule has 2 aromatic carbocycles. The maximum Gasteiger partial charge on any atom is 0.127 e. The van der Waals surface area contributed by atoms with Crippen LogP contribution in [0.1, 0.15) is 24.1 Å². The third kappa shape index (κ3) is 4.00. The number of hydrogen-bond acceptors (Lipinski definition) is 4. The van der Waals surface area contributed by atoms with E-state index in [1.54, 1.807) is 26.7 Å². The minimum absolute atomic E-state index is 0.226. The molecule has 1 atom stereocenters. The minimum Gasteiger partial charge on any atom is -0.497 e. The van der Waals surface area contributed by atoms with E-state index >= 15 is 0 Å². The number of nitrogens with zero attached hydrogens (tertiary/aromatic N) is 2. The quantitative estimate of drug-likeness (QED) is 0.713. The Bertz CT molecular complexity index is 798. The Kier molecular flexibility index (Phi) is 5.36. The Hall–Kier alpha value is -2.79.